The Morgan fingerprint density at radius 1 is 1.09 bits per heavy atom. The van der Waals surface area contributed by atoms with E-state index < -0.39 is 0 Å². The van der Waals surface area contributed by atoms with Gasteiger partial charge < -0.3 is 0 Å². The van der Waals surface area contributed by atoms with Gasteiger partial charge in [-0.1, -0.05) is 51.8 Å². The number of carbonyl (C=O) groups excluding carboxylic acids is 1. The number of ketones is 1. The van der Waals surface area contributed by atoms with Crippen molar-refractivity contribution in [2.24, 2.45) is 5.92 Å². The van der Waals surface area contributed by atoms with Crippen molar-refractivity contribution >= 4 is 39.4 Å². The fourth-order valence-corrected chi connectivity index (χ4v) is 3.24. The summed E-state index contributed by atoms with van der Waals surface area (Å²) in [6, 6.07) is 15.8. The van der Waals surface area contributed by atoms with Crippen LogP contribution in [0, 0.1) is 5.92 Å². The van der Waals surface area contributed by atoms with Crippen molar-refractivity contribution in [2.45, 2.75) is 19.3 Å². The van der Waals surface area contributed by atoms with Gasteiger partial charge in [-0.3, -0.25) is 4.79 Å². The van der Waals surface area contributed by atoms with E-state index in [1.54, 1.807) is 0 Å². The summed E-state index contributed by atoms with van der Waals surface area (Å²) in [7, 11) is 0. The first-order valence-electron chi connectivity index (χ1n) is 7.36. The van der Waals surface area contributed by atoms with Gasteiger partial charge >= 0.3 is 0 Å². The second-order valence-corrected chi connectivity index (χ2v) is 7.00. The summed E-state index contributed by atoms with van der Waals surface area (Å²) in [5.41, 5.74) is 3.20. The Hall–Kier alpha value is -1.38. The smallest absolute Gasteiger partial charge is 0.162 e. The average molecular weight is 376 g/mol. The molecule has 0 radical (unpaired) electrons. The number of rotatable bonds is 3. The highest BCUT2D eigenvalue weighted by Gasteiger charge is 2.29. The van der Waals surface area contributed by atoms with Crippen LogP contribution in [-0.2, 0) is 11.2 Å². The van der Waals surface area contributed by atoms with E-state index >= 15 is 0 Å². The van der Waals surface area contributed by atoms with Crippen LogP contribution < -0.4 is 0 Å². The Balaban J connectivity index is 1.71. The summed E-state index contributed by atoms with van der Waals surface area (Å²) in [4.78, 5) is 12.5. The summed E-state index contributed by atoms with van der Waals surface area (Å²) < 4.78 is 1.05. The monoisotopic (exact) mass is 374 g/mol. The number of carbonyl (C=O) groups is 1. The molecule has 2 aromatic carbocycles. The molecule has 1 fully saturated rings. The van der Waals surface area contributed by atoms with Gasteiger partial charge in [0, 0.05) is 15.4 Å². The Labute approximate surface area is 144 Å². The maximum absolute atomic E-state index is 12.5. The first-order chi connectivity index (χ1) is 10.6. The van der Waals surface area contributed by atoms with E-state index in [4.69, 9.17) is 11.6 Å². The number of benzene rings is 2. The highest BCUT2D eigenvalue weighted by molar-refractivity contribution is 9.10. The number of Topliss-reactive ketones (excluding diaryl/α,β-unsaturated/α-hetero) is 1. The third kappa shape index (κ3) is 3.68. The first kappa shape index (κ1) is 15.5. The third-order valence-corrected chi connectivity index (χ3v) is 4.84. The zero-order valence-electron chi connectivity index (χ0n) is 12.1. The standard InChI is InChI=1S/C19H16BrClO/c20-17-7-1-13(2-8-17)11-15-5-6-16(19(15)22)12-14-3-9-18(21)10-4-14/h1-4,7-11,16H,5-6,12H2. The Bertz CT molecular complexity index is 701. The lowest BCUT2D eigenvalue weighted by Crippen LogP contribution is -2.10. The van der Waals surface area contributed by atoms with Crippen LogP contribution in [0.3, 0.4) is 0 Å². The van der Waals surface area contributed by atoms with Crippen LogP contribution in [0.1, 0.15) is 24.0 Å². The van der Waals surface area contributed by atoms with Gasteiger partial charge in [-0.15, -0.1) is 0 Å². The summed E-state index contributed by atoms with van der Waals surface area (Å²) in [6.45, 7) is 0. The van der Waals surface area contributed by atoms with Crippen LogP contribution in [0.15, 0.2) is 58.6 Å². The van der Waals surface area contributed by atoms with Crippen LogP contribution in [-0.4, -0.2) is 5.78 Å². The second-order valence-electron chi connectivity index (χ2n) is 5.65. The molecule has 0 spiro atoms. The molecule has 2 aromatic rings. The summed E-state index contributed by atoms with van der Waals surface area (Å²) in [5.74, 6) is 0.390. The predicted molar refractivity (Wildman–Crippen MR) is 95.0 cm³/mol. The lowest BCUT2D eigenvalue weighted by molar-refractivity contribution is -0.117. The molecule has 3 rings (SSSR count). The molecule has 0 bridgehead atoms. The molecule has 0 heterocycles. The van der Waals surface area contributed by atoms with Gasteiger partial charge in [-0.2, -0.15) is 0 Å². The van der Waals surface area contributed by atoms with E-state index in [0.29, 0.717) is 0 Å². The fourth-order valence-electron chi connectivity index (χ4n) is 2.85. The fraction of sp³-hybridized carbons (Fsp3) is 0.211. The van der Waals surface area contributed by atoms with Gasteiger partial charge in [0.05, 0.1) is 0 Å². The van der Waals surface area contributed by atoms with E-state index in [9.17, 15) is 4.79 Å². The van der Waals surface area contributed by atoms with Crippen LogP contribution in [0.4, 0.5) is 0 Å². The van der Waals surface area contributed by atoms with Crippen LogP contribution in [0.25, 0.3) is 6.08 Å². The third-order valence-electron chi connectivity index (χ3n) is 4.06. The minimum atomic E-state index is 0.0999. The molecule has 112 valence electrons. The van der Waals surface area contributed by atoms with Crippen molar-refractivity contribution in [3.05, 3.63) is 74.7 Å². The number of halogens is 2. The van der Waals surface area contributed by atoms with Crippen LogP contribution >= 0.6 is 27.5 Å². The molecule has 0 aliphatic heterocycles. The molecule has 0 N–H and O–H groups in total. The Morgan fingerprint density at radius 3 is 2.45 bits per heavy atom. The van der Waals surface area contributed by atoms with E-state index in [0.717, 1.165) is 39.9 Å². The molecule has 1 unspecified atom stereocenters. The predicted octanol–water partition coefficient (Wildman–Crippen LogP) is 5.71. The van der Waals surface area contributed by atoms with Crippen molar-refractivity contribution in [1.29, 1.82) is 0 Å². The maximum atomic E-state index is 12.5. The van der Waals surface area contributed by atoms with Crippen molar-refractivity contribution < 1.29 is 4.79 Å². The number of hydrogen-bond acceptors (Lipinski definition) is 1. The maximum Gasteiger partial charge on any atom is 0.162 e. The van der Waals surface area contributed by atoms with Crippen LogP contribution in [0.5, 0.6) is 0 Å². The van der Waals surface area contributed by atoms with Gasteiger partial charge in [0.25, 0.3) is 0 Å². The lowest BCUT2D eigenvalue weighted by atomic mass is 9.96. The molecule has 0 amide bonds. The van der Waals surface area contributed by atoms with Crippen molar-refractivity contribution in [2.75, 3.05) is 0 Å². The summed E-state index contributed by atoms with van der Waals surface area (Å²) >= 11 is 9.33. The van der Waals surface area contributed by atoms with Gasteiger partial charge in [0.1, 0.15) is 0 Å². The lowest BCUT2D eigenvalue weighted by Gasteiger charge is -2.07. The zero-order chi connectivity index (χ0) is 15.5. The molecule has 1 atom stereocenters. The number of allylic oxidation sites excluding steroid dienone is 1. The van der Waals surface area contributed by atoms with Gasteiger partial charge in [-0.25, -0.2) is 0 Å². The van der Waals surface area contributed by atoms with E-state index in [1.807, 2.05) is 54.6 Å². The Morgan fingerprint density at radius 2 is 1.77 bits per heavy atom. The van der Waals surface area contributed by atoms with Crippen molar-refractivity contribution in [3.63, 3.8) is 0 Å². The van der Waals surface area contributed by atoms with E-state index in [-0.39, 0.29) is 11.7 Å². The van der Waals surface area contributed by atoms with Crippen LogP contribution in [0.2, 0.25) is 5.02 Å². The second kappa shape index (κ2) is 6.80. The molecular formula is C19H16BrClO. The molecule has 22 heavy (non-hydrogen) atoms. The molecule has 3 heteroatoms. The van der Waals surface area contributed by atoms with Crippen molar-refractivity contribution in [3.8, 4) is 0 Å². The van der Waals surface area contributed by atoms with Gasteiger partial charge in [0.15, 0.2) is 5.78 Å². The quantitative estimate of drug-likeness (QED) is 0.628. The van der Waals surface area contributed by atoms with E-state index in [1.165, 1.54) is 5.56 Å². The molecule has 1 aliphatic carbocycles. The first-order valence-corrected chi connectivity index (χ1v) is 8.54. The number of hydrogen-bond donors (Lipinski definition) is 0. The molecule has 1 saturated carbocycles. The topological polar surface area (TPSA) is 17.1 Å². The van der Waals surface area contributed by atoms with Crippen molar-refractivity contribution in [1.82, 2.24) is 0 Å². The normalized spacial score (nSPS) is 19.8. The largest absolute Gasteiger partial charge is 0.294 e. The summed E-state index contributed by atoms with van der Waals surface area (Å²) in [5, 5.41) is 0.734. The van der Waals surface area contributed by atoms with E-state index in [2.05, 4.69) is 15.9 Å². The highest BCUT2D eigenvalue weighted by atomic mass is 79.9. The highest BCUT2D eigenvalue weighted by Crippen LogP contribution is 2.31. The molecule has 1 nitrogen and oxygen atoms in total. The molecule has 0 saturated heterocycles. The molecular weight excluding hydrogens is 360 g/mol. The van der Waals surface area contributed by atoms with Gasteiger partial charge in [0.2, 0.25) is 0 Å². The minimum absolute atomic E-state index is 0.0999. The molecule has 0 aromatic heterocycles. The average Bonchev–Trinajstić information content (AvgIpc) is 2.85. The summed E-state index contributed by atoms with van der Waals surface area (Å²) in [6.07, 6.45) is 4.63. The minimum Gasteiger partial charge on any atom is -0.294 e. The SMILES string of the molecule is O=C1C(=Cc2ccc(Br)cc2)CCC1Cc1ccc(Cl)cc1. The Kier molecular flexibility index (Phi) is 4.80. The zero-order valence-corrected chi connectivity index (χ0v) is 14.4. The molecule has 1 aliphatic rings. The van der Waals surface area contributed by atoms with Gasteiger partial charge in [-0.05, 0) is 66.3 Å².